The Hall–Kier alpha value is -7.28. The number of aryl methyl sites for hydroxylation is 1. The van der Waals surface area contributed by atoms with Crippen molar-refractivity contribution >= 4 is 109 Å². The van der Waals surface area contributed by atoms with Crippen molar-refractivity contribution in [2.24, 2.45) is 7.05 Å². The van der Waals surface area contributed by atoms with Crippen molar-refractivity contribution in [2.75, 3.05) is 4.90 Å². The molecule has 0 fully saturated rings. The van der Waals surface area contributed by atoms with Gasteiger partial charge >= 0.3 is 6.09 Å². The Balaban J connectivity index is 0.000000189. The maximum absolute atomic E-state index is 13.5. The smallest absolute Gasteiger partial charge is 0.419 e. The third kappa shape index (κ3) is 11.1. The van der Waals surface area contributed by atoms with Gasteiger partial charge in [0.05, 0.1) is 56.6 Å². The van der Waals surface area contributed by atoms with Crippen molar-refractivity contribution in [1.82, 2.24) is 24.5 Å². The number of carbonyl (C=O) groups excluding carboxylic acids is 1. The highest BCUT2D eigenvalue weighted by atomic mass is 35.5. The van der Waals surface area contributed by atoms with Crippen LogP contribution in [0, 0.1) is 11.3 Å². The average Bonchev–Trinajstić information content (AvgIpc) is 3.95. The molecule has 12 nitrogen and oxygen atoms in total. The van der Waals surface area contributed by atoms with Gasteiger partial charge in [0.15, 0.2) is 21.7 Å². The SMILES string of the molecule is CC(C)(C)OC(=O)N(c1ccccc1)c1c(Cl)nc2ccc(C(O)(c3cccnc3)c3cccc(Cl)c3)cc2c1Cl.Cn1cncc1C(O)(c1ccc(Cl)cc1)c1ccc2nc(Cl)c(Oc3ccc(C#N)cc3)c(Cl)c2c1. The van der Waals surface area contributed by atoms with Crippen LogP contribution in [0.3, 0.4) is 0 Å². The van der Waals surface area contributed by atoms with Crippen LogP contribution < -0.4 is 9.64 Å². The number of carbonyl (C=O) groups is 1. The number of ether oxygens (including phenoxy) is 2. The van der Waals surface area contributed by atoms with E-state index in [1.165, 1.54) is 4.90 Å². The predicted molar refractivity (Wildman–Crippen MR) is 304 cm³/mol. The van der Waals surface area contributed by atoms with Crippen molar-refractivity contribution in [2.45, 2.75) is 37.6 Å². The topological polar surface area (TPSA) is 160 Å². The summed E-state index contributed by atoms with van der Waals surface area (Å²) >= 11 is 39.4. The largest absolute Gasteiger partial charge is 0.453 e. The molecule has 1 amide bonds. The number of nitriles is 1. The number of benzene rings is 6. The minimum absolute atomic E-state index is 0.0160. The van der Waals surface area contributed by atoms with Gasteiger partial charge in [-0.15, -0.1) is 0 Å². The van der Waals surface area contributed by atoms with E-state index in [-0.39, 0.29) is 31.8 Å². The monoisotopic (exact) mass is 1140 g/mol. The van der Waals surface area contributed by atoms with Crippen molar-refractivity contribution in [3.8, 4) is 17.6 Å². The number of hydrogen-bond acceptors (Lipinski definition) is 10. The summed E-state index contributed by atoms with van der Waals surface area (Å²) in [5.74, 6) is 0.617. The van der Waals surface area contributed by atoms with Gasteiger partial charge in [-0.1, -0.05) is 130 Å². The van der Waals surface area contributed by atoms with E-state index in [9.17, 15) is 15.0 Å². The maximum Gasteiger partial charge on any atom is 0.419 e. The summed E-state index contributed by atoms with van der Waals surface area (Å²) in [7, 11) is 1.81. The second kappa shape index (κ2) is 22.4. The molecule has 10 rings (SSSR count). The summed E-state index contributed by atoms with van der Waals surface area (Å²) in [4.78, 5) is 32.3. The number of imidazole rings is 1. The Morgan fingerprint density at radius 3 is 1.83 bits per heavy atom. The van der Waals surface area contributed by atoms with Crippen LogP contribution in [0.15, 0.2) is 177 Å². The molecule has 4 aromatic heterocycles. The molecule has 0 spiro atoms. The quantitative estimate of drug-likeness (QED) is 0.126. The minimum atomic E-state index is -1.64. The summed E-state index contributed by atoms with van der Waals surface area (Å²) in [6.45, 7) is 5.33. The Bertz CT molecular complexity index is 3860. The van der Waals surface area contributed by atoms with E-state index in [0.717, 1.165) is 0 Å². The molecule has 2 unspecified atom stereocenters. The van der Waals surface area contributed by atoms with E-state index in [1.54, 1.807) is 196 Å². The Kier molecular flexibility index (Phi) is 15.8. The highest BCUT2D eigenvalue weighted by Crippen LogP contribution is 2.46. The second-order valence-electron chi connectivity index (χ2n) is 18.5. The number of anilines is 2. The van der Waals surface area contributed by atoms with Gasteiger partial charge < -0.3 is 24.3 Å². The van der Waals surface area contributed by atoms with Gasteiger partial charge in [0.2, 0.25) is 0 Å². The molecule has 0 saturated carbocycles. The molecule has 4 heterocycles. The van der Waals surface area contributed by atoms with Gasteiger partial charge in [-0.2, -0.15) is 5.26 Å². The fourth-order valence-corrected chi connectivity index (χ4v) is 10.2. The van der Waals surface area contributed by atoms with Gasteiger partial charge in [0, 0.05) is 45.8 Å². The molecule has 0 aliphatic carbocycles. The number of pyridine rings is 3. The van der Waals surface area contributed by atoms with E-state index >= 15 is 0 Å². The first-order chi connectivity index (χ1) is 36.8. The molecule has 18 heteroatoms. The first-order valence-electron chi connectivity index (χ1n) is 23.5. The van der Waals surface area contributed by atoms with Gasteiger partial charge in [-0.25, -0.2) is 24.6 Å². The van der Waals surface area contributed by atoms with Crippen LogP contribution in [0.5, 0.6) is 11.5 Å². The highest BCUT2D eigenvalue weighted by Gasteiger charge is 2.38. The number of aliphatic hydroxyl groups is 2. The number of nitrogens with zero attached hydrogens (tertiary/aromatic N) is 7. The van der Waals surface area contributed by atoms with E-state index in [1.807, 2.05) is 13.1 Å². The fraction of sp³-hybridized carbons (Fsp3) is 0.119. The molecular formula is C59H43Cl6N7O5. The summed E-state index contributed by atoms with van der Waals surface area (Å²) < 4.78 is 13.4. The Morgan fingerprint density at radius 2 is 1.23 bits per heavy atom. The lowest BCUT2D eigenvalue weighted by atomic mass is 9.80. The van der Waals surface area contributed by atoms with Crippen molar-refractivity contribution < 1.29 is 24.5 Å². The van der Waals surface area contributed by atoms with Crippen LogP contribution in [0.2, 0.25) is 30.4 Å². The number of rotatable bonds is 10. The molecular weight excluding hydrogens is 1100 g/mol. The number of aromatic nitrogens is 5. The molecule has 386 valence electrons. The van der Waals surface area contributed by atoms with E-state index < -0.39 is 22.9 Å². The first-order valence-corrected chi connectivity index (χ1v) is 25.8. The minimum Gasteiger partial charge on any atom is -0.453 e. The fourth-order valence-electron chi connectivity index (χ4n) is 8.67. The second-order valence-corrected chi connectivity index (χ2v) is 20.9. The molecule has 0 saturated heterocycles. The van der Waals surface area contributed by atoms with Crippen molar-refractivity contribution in [1.29, 1.82) is 5.26 Å². The summed E-state index contributed by atoms with van der Waals surface area (Å²) in [6, 6.07) is 45.5. The standard InChI is InChI=1S/C32H26Cl3N3O3.C27H17Cl3N4O2/c1-31(2,3)41-30(39)38(24-12-5-4-6-13-24)28-27(34)25-18-21(14-15-26(25)37-29(28)35)32(40,22-10-8-16-36-19-22)20-9-7-11-23(33)17-20;1-34-15-32-14-23(34)27(35,17-4-7-19(28)8-5-17)18-6-11-22-21(12-18)24(29)25(26(30)33-22)36-20-9-2-16(13-31)3-10-20/h4-19,40H,1-3H3;2-12,14-15,35H,1H3. The summed E-state index contributed by atoms with van der Waals surface area (Å²) in [5.41, 5.74) is 1.41. The van der Waals surface area contributed by atoms with Crippen LogP contribution in [0.1, 0.15) is 59.8 Å². The van der Waals surface area contributed by atoms with Crippen LogP contribution >= 0.6 is 69.6 Å². The number of hydrogen-bond donors (Lipinski definition) is 2. The molecule has 77 heavy (non-hydrogen) atoms. The normalized spacial score (nSPS) is 12.9. The molecule has 0 aliphatic rings. The maximum atomic E-state index is 13.5. The van der Waals surface area contributed by atoms with Crippen LogP contribution in [-0.4, -0.2) is 46.4 Å². The lowest BCUT2D eigenvalue weighted by molar-refractivity contribution is 0.0599. The lowest BCUT2D eigenvalue weighted by Crippen LogP contribution is -2.34. The van der Waals surface area contributed by atoms with Gasteiger partial charge in [0.25, 0.3) is 0 Å². The third-order valence-corrected chi connectivity index (χ3v) is 14.1. The summed E-state index contributed by atoms with van der Waals surface area (Å²) in [6.07, 6.45) is 5.79. The third-order valence-electron chi connectivity index (χ3n) is 12.3. The van der Waals surface area contributed by atoms with Crippen molar-refractivity contribution in [3.05, 3.63) is 246 Å². The van der Waals surface area contributed by atoms with Gasteiger partial charge in [-0.05, 0) is 134 Å². The van der Waals surface area contributed by atoms with E-state index in [2.05, 4.69) is 26.0 Å². The van der Waals surface area contributed by atoms with E-state index in [4.69, 9.17) is 84.3 Å². The zero-order valence-electron chi connectivity index (χ0n) is 41.3. The number of halogens is 6. The van der Waals surface area contributed by atoms with Crippen molar-refractivity contribution in [3.63, 3.8) is 0 Å². The van der Waals surface area contributed by atoms with Crippen LogP contribution in [0.4, 0.5) is 16.2 Å². The predicted octanol–water partition coefficient (Wildman–Crippen LogP) is 15.8. The number of fused-ring (bicyclic) bond motifs is 2. The average molecular weight is 1140 g/mol. The molecule has 0 aliphatic heterocycles. The number of amides is 1. The molecule has 0 bridgehead atoms. The van der Waals surface area contributed by atoms with E-state index in [0.29, 0.717) is 82.4 Å². The highest BCUT2D eigenvalue weighted by molar-refractivity contribution is 6.43. The number of para-hydroxylation sites is 1. The molecule has 6 aromatic carbocycles. The molecule has 0 radical (unpaired) electrons. The Labute approximate surface area is 473 Å². The van der Waals surface area contributed by atoms with Gasteiger partial charge in [-0.3, -0.25) is 4.98 Å². The lowest BCUT2D eigenvalue weighted by Gasteiger charge is -2.31. The molecule has 2 atom stereocenters. The van der Waals surface area contributed by atoms with Gasteiger partial charge in [0.1, 0.15) is 22.6 Å². The first kappa shape index (κ1) is 54.5. The molecule has 10 aromatic rings. The van der Waals surface area contributed by atoms with Crippen LogP contribution in [0.25, 0.3) is 21.8 Å². The Morgan fingerprint density at radius 1 is 0.623 bits per heavy atom. The van der Waals surface area contributed by atoms with Crippen LogP contribution in [-0.2, 0) is 23.0 Å². The summed E-state index contributed by atoms with van der Waals surface area (Å²) in [5, 5.41) is 36.1. The molecule has 2 N–H and O–H groups in total. The zero-order chi connectivity index (χ0) is 54.8. The zero-order valence-corrected chi connectivity index (χ0v) is 45.8.